The molecule has 5 aromatic carbocycles. The van der Waals surface area contributed by atoms with Crippen molar-refractivity contribution in [1.82, 2.24) is 0 Å². The van der Waals surface area contributed by atoms with Gasteiger partial charge in [-0.05, 0) is 221 Å². The maximum absolute atomic E-state index is 2.77. The first-order chi connectivity index (χ1) is 29.3. The molecule has 0 N–H and O–H groups in total. The number of hydrogen-bond acceptors (Lipinski definition) is 2. The predicted molar refractivity (Wildman–Crippen MR) is 258 cm³/mol. The molecule has 2 aliphatic heterocycles. The molecule has 61 heavy (non-hydrogen) atoms. The monoisotopic (exact) mass is 801 g/mol. The standard InChI is InChI=1S/C58H65BN2/c1-55(2,3)42-10-16-46(17-11-42)60-50-20-14-44(56(4,5)6)28-48(50)59-49-29-45(58-33-39-25-40(34-58)27-41(26-39)35-58)15-21-51(49)61(53-9-7-8-52(60)54(53)59)47-18-12-43(13-19-47)57-30-36-22-37(31-57)24-38(23-36)32-57/h7-21,28-29,36-41H,22-27,30-35H2,1-6H3. The molecule has 3 heteroatoms. The average molecular weight is 801 g/mol. The van der Waals surface area contributed by atoms with Crippen molar-refractivity contribution < 1.29 is 0 Å². The summed E-state index contributed by atoms with van der Waals surface area (Å²) in [4.78, 5) is 5.28. The van der Waals surface area contributed by atoms with Crippen LogP contribution in [0.5, 0.6) is 0 Å². The van der Waals surface area contributed by atoms with E-state index in [1.165, 1.54) is 139 Å². The third kappa shape index (κ3) is 5.59. The normalized spacial score (nSPS) is 31.3. The highest BCUT2D eigenvalue weighted by Gasteiger charge is 2.54. The van der Waals surface area contributed by atoms with Gasteiger partial charge in [0, 0.05) is 34.1 Å². The number of benzene rings is 5. The maximum atomic E-state index is 2.77. The predicted octanol–water partition coefficient (Wildman–Crippen LogP) is 13.3. The molecule has 2 heterocycles. The molecule has 0 spiro atoms. The van der Waals surface area contributed by atoms with Crippen molar-refractivity contribution in [2.45, 2.75) is 140 Å². The van der Waals surface area contributed by atoms with Gasteiger partial charge in [-0.25, -0.2) is 0 Å². The van der Waals surface area contributed by atoms with E-state index in [9.17, 15) is 0 Å². The quantitative estimate of drug-likeness (QED) is 0.164. The smallest absolute Gasteiger partial charge is 0.252 e. The second-order valence-corrected chi connectivity index (χ2v) is 24.4. The van der Waals surface area contributed by atoms with Crippen molar-refractivity contribution >= 4 is 57.2 Å². The molecule has 8 fully saturated rings. The molecular weight excluding hydrogens is 735 g/mol. The third-order valence-electron chi connectivity index (χ3n) is 18.3. The summed E-state index contributed by atoms with van der Waals surface area (Å²) in [6.45, 7) is 14.3. The first-order valence-electron chi connectivity index (χ1n) is 24.5. The molecule has 0 aromatic heterocycles. The summed E-state index contributed by atoms with van der Waals surface area (Å²) in [7, 11) is 0. The van der Waals surface area contributed by atoms with Gasteiger partial charge in [0.25, 0.3) is 6.71 Å². The summed E-state index contributed by atoms with van der Waals surface area (Å²) in [6.07, 6.45) is 17.3. The number of hydrogen-bond donors (Lipinski definition) is 0. The molecule has 8 bridgehead atoms. The van der Waals surface area contributed by atoms with Crippen LogP contribution in [0.1, 0.15) is 141 Å². The first kappa shape index (κ1) is 37.3. The number of fused-ring (bicyclic) bond motifs is 4. The Hall–Kier alpha value is -4.24. The van der Waals surface area contributed by atoms with Crippen molar-refractivity contribution in [3.05, 3.63) is 125 Å². The van der Waals surface area contributed by atoms with Gasteiger partial charge in [-0.3, -0.25) is 0 Å². The molecule has 0 saturated heterocycles. The van der Waals surface area contributed by atoms with E-state index in [4.69, 9.17) is 0 Å². The van der Waals surface area contributed by atoms with Gasteiger partial charge in [0.2, 0.25) is 0 Å². The summed E-state index contributed by atoms with van der Waals surface area (Å²) < 4.78 is 0. The first-order valence-corrected chi connectivity index (χ1v) is 24.5. The van der Waals surface area contributed by atoms with Gasteiger partial charge >= 0.3 is 0 Å². The summed E-state index contributed by atoms with van der Waals surface area (Å²) >= 11 is 0. The van der Waals surface area contributed by atoms with E-state index in [0.717, 1.165) is 35.5 Å². The zero-order valence-electron chi connectivity index (χ0n) is 37.7. The summed E-state index contributed by atoms with van der Waals surface area (Å²) in [6, 6.07) is 42.3. The highest BCUT2D eigenvalue weighted by Crippen LogP contribution is 2.62. The van der Waals surface area contributed by atoms with Gasteiger partial charge in [-0.1, -0.05) is 96.1 Å². The van der Waals surface area contributed by atoms with E-state index in [1.807, 2.05) is 0 Å². The topological polar surface area (TPSA) is 6.48 Å². The van der Waals surface area contributed by atoms with Crippen molar-refractivity contribution in [3.8, 4) is 0 Å². The van der Waals surface area contributed by atoms with Gasteiger partial charge in [0.1, 0.15) is 0 Å². The van der Waals surface area contributed by atoms with E-state index in [1.54, 1.807) is 11.1 Å². The van der Waals surface area contributed by atoms with Crippen LogP contribution in [0.3, 0.4) is 0 Å². The summed E-state index contributed by atoms with van der Waals surface area (Å²) in [5, 5.41) is 0. The van der Waals surface area contributed by atoms with Gasteiger partial charge in [-0.2, -0.15) is 0 Å². The van der Waals surface area contributed by atoms with E-state index < -0.39 is 0 Å². The molecule has 0 amide bonds. The van der Waals surface area contributed by atoms with E-state index in [0.29, 0.717) is 10.8 Å². The minimum absolute atomic E-state index is 0.0387. The lowest BCUT2D eigenvalue weighted by Gasteiger charge is -2.57. The van der Waals surface area contributed by atoms with Gasteiger partial charge in [0.05, 0.1) is 0 Å². The second-order valence-electron chi connectivity index (χ2n) is 24.4. The third-order valence-corrected chi connectivity index (χ3v) is 18.3. The molecular formula is C58H65BN2. The highest BCUT2D eigenvalue weighted by atomic mass is 15.2. The molecule has 0 atom stereocenters. The lowest BCUT2D eigenvalue weighted by atomic mass is 9.33. The van der Waals surface area contributed by atoms with Crippen LogP contribution in [-0.4, -0.2) is 6.71 Å². The Balaban J connectivity index is 1.01. The van der Waals surface area contributed by atoms with E-state index in [2.05, 4.69) is 154 Å². The number of anilines is 6. The second kappa shape index (κ2) is 12.7. The molecule has 0 radical (unpaired) electrons. The van der Waals surface area contributed by atoms with Crippen LogP contribution in [0.2, 0.25) is 0 Å². The van der Waals surface area contributed by atoms with Crippen LogP contribution in [-0.2, 0) is 21.7 Å². The summed E-state index contributed by atoms with van der Waals surface area (Å²) in [5.74, 6) is 5.60. The fourth-order valence-electron chi connectivity index (χ4n) is 16.3. The van der Waals surface area contributed by atoms with Crippen LogP contribution >= 0.6 is 0 Å². The van der Waals surface area contributed by atoms with Gasteiger partial charge in [-0.15, -0.1) is 0 Å². The SMILES string of the molecule is CC(C)(C)c1ccc(N2c3ccc(C(C)(C)C)cc3B3c4cc(C56CC7CC(CC(C7)C5)C6)ccc4N(c4ccc(C56CC7CC(CC(C7)C5)C6)cc4)c4cccc2c43)cc1. The van der Waals surface area contributed by atoms with Crippen LogP contribution in [0.4, 0.5) is 34.1 Å². The Bertz CT molecular complexity index is 2510. The number of rotatable bonds is 4. The Morgan fingerprint density at radius 1 is 0.426 bits per heavy atom. The fraction of sp³-hybridized carbons (Fsp3) is 0.483. The van der Waals surface area contributed by atoms with Crippen molar-refractivity contribution in [3.63, 3.8) is 0 Å². The maximum Gasteiger partial charge on any atom is 0.252 e. The molecule has 8 aliphatic carbocycles. The molecule has 2 nitrogen and oxygen atoms in total. The summed E-state index contributed by atoms with van der Waals surface area (Å²) in [5.41, 5.74) is 19.2. The average Bonchev–Trinajstić information content (AvgIpc) is 3.22. The van der Waals surface area contributed by atoms with E-state index in [-0.39, 0.29) is 17.5 Å². The molecule has 8 saturated carbocycles. The fourth-order valence-corrected chi connectivity index (χ4v) is 16.3. The Morgan fingerprint density at radius 3 is 1.30 bits per heavy atom. The van der Waals surface area contributed by atoms with Crippen molar-refractivity contribution in [2.24, 2.45) is 35.5 Å². The number of nitrogens with zero attached hydrogens (tertiary/aromatic N) is 2. The molecule has 310 valence electrons. The van der Waals surface area contributed by atoms with Crippen molar-refractivity contribution in [2.75, 3.05) is 9.80 Å². The molecule has 10 aliphatic rings. The lowest BCUT2D eigenvalue weighted by Crippen LogP contribution is -2.62. The van der Waals surface area contributed by atoms with E-state index >= 15 is 0 Å². The Kier molecular flexibility index (Phi) is 7.77. The zero-order chi connectivity index (χ0) is 41.2. The van der Waals surface area contributed by atoms with Gasteiger partial charge in [0.15, 0.2) is 0 Å². The molecule has 5 aromatic rings. The van der Waals surface area contributed by atoms with Crippen LogP contribution in [0.25, 0.3) is 0 Å². The Morgan fingerprint density at radius 2 is 0.820 bits per heavy atom. The van der Waals surface area contributed by atoms with Crippen LogP contribution in [0, 0.1) is 35.5 Å². The van der Waals surface area contributed by atoms with Crippen molar-refractivity contribution in [1.29, 1.82) is 0 Å². The molecule has 0 unspecified atom stereocenters. The minimum atomic E-state index is 0.0387. The molecule has 15 rings (SSSR count). The largest absolute Gasteiger partial charge is 0.311 e. The Labute approximate surface area is 366 Å². The van der Waals surface area contributed by atoms with Crippen LogP contribution < -0.4 is 26.2 Å². The zero-order valence-corrected chi connectivity index (χ0v) is 37.7. The highest BCUT2D eigenvalue weighted by molar-refractivity contribution is 7.00. The lowest BCUT2D eigenvalue weighted by molar-refractivity contribution is -0.00528. The van der Waals surface area contributed by atoms with Crippen LogP contribution in [0.15, 0.2) is 103 Å². The van der Waals surface area contributed by atoms with Gasteiger partial charge < -0.3 is 9.80 Å². The minimum Gasteiger partial charge on any atom is -0.311 e.